The normalized spacial score (nSPS) is 11.1. The van der Waals surface area contributed by atoms with Crippen LogP contribution < -0.4 is 5.32 Å². The van der Waals surface area contributed by atoms with E-state index in [4.69, 9.17) is 16.0 Å². The van der Waals surface area contributed by atoms with Crippen LogP contribution in [-0.2, 0) is 11.3 Å². The summed E-state index contributed by atoms with van der Waals surface area (Å²) in [6.07, 6.45) is 1.82. The Bertz CT molecular complexity index is 1150. The lowest BCUT2D eigenvalue weighted by molar-refractivity contribution is -0.116. The first kappa shape index (κ1) is 17.2. The van der Waals surface area contributed by atoms with Crippen molar-refractivity contribution in [1.29, 1.82) is 0 Å². The number of hydrogen-bond donors (Lipinski definition) is 1. The molecule has 0 saturated heterocycles. The monoisotopic (exact) mass is 384 g/mol. The Hall–Kier alpha value is -3.19. The van der Waals surface area contributed by atoms with Crippen molar-refractivity contribution in [3.05, 3.63) is 65.4 Å². The predicted molar refractivity (Wildman–Crippen MR) is 100 cm³/mol. The van der Waals surface area contributed by atoms with Crippen LogP contribution >= 0.6 is 11.6 Å². The second-order valence-electron chi connectivity index (χ2n) is 6.02. The predicted octanol–water partition coefficient (Wildman–Crippen LogP) is 4.43. The number of carbonyl (C=O) groups is 1. The molecular formula is C19H14ClFN4O2. The molecule has 0 aliphatic heterocycles. The molecule has 27 heavy (non-hydrogen) atoms. The van der Waals surface area contributed by atoms with Crippen LogP contribution in [0.15, 0.2) is 53.1 Å². The topological polar surface area (TPSA) is 73.0 Å². The van der Waals surface area contributed by atoms with Crippen molar-refractivity contribution in [2.75, 3.05) is 5.32 Å². The van der Waals surface area contributed by atoms with Gasteiger partial charge in [-0.3, -0.25) is 4.79 Å². The Morgan fingerprint density at radius 1 is 1.22 bits per heavy atom. The molecule has 0 saturated carbocycles. The van der Waals surface area contributed by atoms with Crippen LogP contribution in [0.25, 0.3) is 22.4 Å². The van der Waals surface area contributed by atoms with E-state index in [0.717, 1.165) is 16.5 Å². The third-order valence-corrected chi connectivity index (χ3v) is 4.35. The third kappa shape index (κ3) is 3.54. The van der Waals surface area contributed by atoms with Crippen molar-refractivity contribution >= 4 is 34.1 Å². The highest BCUT2D eigenvalue weighted by atomic mass is 35.5. The fourth-order valence-electron chi connectivity index (χ4n) is 2.80. The van der Waals surface area contributed by atoms with E-state index in [-0.39, 0.29) is 17.5 Å². The quantitative estimate of drug-likeness (QED) is 0.565. The molecule has 1 amide bonds. The zero-order valence-electron chi connectivity index (χ0n) is 14.2. The molecule has 8 heteroatoms. The first-order chi connectivity index (χ1) is 13.0. The van der Waals surface area contributed by atoms with Gasteiger partial charge < -0.3 is 14.3 Å². The number of carbonyl (C=O) groups excluding carboxylic acids is 1. The fourth-order valence-corrected chi connectivity index (χ4v) is 2.98. The minimum atomic E-state index is -0.533. The minimum Gasteiger partial charge on any atom is -0.421 e. The highest BCUT2D eigenvalue weighted by Crippen LogP contribution is 2.25. The van der Waals surface area contributed by atoms with Crippen LogP contribution in [0.4, 0.5) is 10.1 Å². The fraction of sp³-hybridized carbons (Fsp3) is 0.105. The van der Waals surface area contributed by atoms with Crippen LogP contribution in [0.2, 0.25) is 5.02 Å². The Kier molecular flexibility index (Phi) is 4.37. The van der Waals surface area contributed by atoms with E-state index in [1.165, 1.54) is 18.2 Å². The Morgan fingerprint density at radius 3 is 2.81 bits per heavy atom. The maximum atomic E-state index is 13.2. The molecule has 2 aromatic heterocycles. The van der Waals surface area contributed by atoms with Gasteiger partial charge in [-0.1, -0.05) is 17.7 Å². The number of aromatic nitrogens is 3. The number of nitrogens with one attached hydrogen (secondary N) is 1. The SMILES string of the molecule is Cc1nnc(-c2ccc3ccn(CC(=O)Nc4ccc(F)c(Cl)c4)c3c2)o1. The Morgan fingerprint density at radius 2 is 2.07 bits per heavy atom. The lowest BCUT2D eigenvalue weighted by Gasteiger charge is -2.08. The number of anilines is 1. The van der Waals surface area contributed by atoms with Gasteiger partial charge in [-0.05, 0) is 41.8 Å². The van der Waals surface area contributed by atoms with E-state index in [2.05, 4.69) is 15.5 Å². The molecule has 0 atom stereocenters. The summed E-state index contributed by atoms with van der Waals surface area (Å²) in [5, 5.41) is 11.5. The van der Waals surface area contributed by atoms with E-state index >= 15 is 0 Å². The number of fused-ring (bicyclic) bond motifs is 1. The second-order valence-corrected chi connectivity index (χ2v) is 6.43. The van der Waals surface area contributed by atoms with Gasteiger partial charge >= 0.3 is 0 Å². The van der Waals surface area contributed by atoms with Crippen molar-refractivity contribution in [3.8, 4) is 11.5 Å². The summed E-state index contributed by atoms with van der Waals surface area (Å²) in [6, 6.07) is 11.7. The van der Waals surface area contributed by atoms with Crippen LogP contribution in [-0.4, -0.2) is 20.7 Å². The van der Waals surface area contributed by atoms with Crippen molar-refractivity contribution in [3.63, 3.8) is 0 Å². The van der Waals surface area contributed by atoms with Gasteiger partial charge in [0.25, 0.3) is 0 Å². The average molecular weight is 385 g/mol. The number of hydrogen-bond acceptors (Lipinski definition) is 4. The molecule has 0 fully saturated rings. The van der Waals surface area contributed by atoms with Gasteiger partial charge in [0.2, 0.25) is 17.7 Å². The molecule has 2 heterocycles. The maximum Gasteiger partial charge on any atom is 0.247 e. The molecule has 0 spiro atoms. The molecule has 136 valence electrons. The van der Waals surface area contributed by atoms with E-state index in [9.17, 15) is 9.18 Å². The smallest absolute Gasteiger partial charge is 0.247 e. The van der Waals surface area contributed by atoms with Gasteiger partial charge in [-0.2, -0.15) is 0 Å². The number of nitrogens with zero attached hydrogens (tertiary/aromatic N) is 3. The van der Waals surface area contributed by atoms with Crippen LogP contribution in [0.1, 0.15) is 5.89 Å². The summed E-state index contributed by atoms with van der Waals surface area (Å²) in [7, 11) is 0. The summed E-state index contributed by atoms with van der Waals surface area (Å²) in [6.45, 7) is 1.81. The molecule has 0 radical (unpaired) electrons. The Labute approximate surface area is 158 Å². The summed E-state index contributed by atoms with van der Waals surface area (Å²) in [5.74, 6) is 0.120. The van der Waals surface area contributed by atoms with E-state index < -0.39 is 5.82 Å². The van der Waals surface area contributed by atoms with Gasteiger partial charge in [0.15, 0.2) is 0 Å². The molecular weight excluding hydrogens is 371 g/mol. The van der Waals surface area contributed by atoms with Crippen LogP contribution in [0, 0.1) is 12.7 Å². The molecule has 0 aliphatic rings. The average Bonchev–Trinajstić information content (AvgIpc) is 3.24. The summed E-state index contributed by atoms with van der Waals surface area (Å²) in [4.78, 5) is 12.4. The van der Waals surface area contributed by atoms with Crippen molar-refractivity contribution in [2.45, 2.75) is 13.5 Å². The first-order valence-corrected chi connectivity index (χ1v) is 8.52. The van der Waals surface area contributed by atoms with E-state index in [1.807, 2.05) is 35.0 Å². The Balaban J connectivity index is 1.57. The summed E-state index contributed by atoms with van der Waals surface area (Å²) < 4.78 is 20.5. The number of benzene rings is 2. The number of rotatable bonds is 4. The molecule has 0 bridgehead atoms. The molecule has 0 unspecified atom stereocenters. The zero-order valence-corrected chi connectivity index (χ0v) is 15.0. The maximum absolute atomic E-state index is 13.2. The largest absolute Gasteiger partial charge is 0.421 e. The molecule has 4 aromatic rings. The summed E-state index contributed by atoms with van der Waals surface area (Å²) in [5.41, 5.74) is 2.06. The van der Waals surface area contributed by atoms with E-state index in [1.54, 1.807) is 6.92 Å². The minimum absolute atomic E-state index is 0.0429. The standard InChI is InChI=1S/C19H14ClFN4O2/c1-11-23-24-19(27-11)13-3-2-12-6-7-25(17(12)8-13)10-18(26)22-14-4-5-16(21)15(20)9-14/h2-9H,10H2,1H3,(H,22,26). The van der Waals surface area contributed by atoms with Crippen LogP contribution in [0.3, 0.4) is 0 Å². The first-order valence-electron chi connectivity index (χ1n) is 8.14. The lowest BCUT2D eigenvalue weighted by Crippen LogP contribution is -2.18. The third-order valence-electron chi connectivity index (χ3n) is 4.06. The molecule has 4 rings (SSSR count). The highest BCUT2D eigenvalue weighted by molar-refractivity contribution is 6.31. The zero-order chi connectivity index (χ0) is 19.0. The van der Waals surface area contributed by atoms with Crippen LogP contribution in [0.5, 0.6) is 0 Å². The van der Waals surface area contributed by atoms with Crippen molar-refractivity contribution in [1.82, 2.24) is 14.8 Å². The van der Waals surface area contributed by atoms with Gasteiger partial charge in [-0.25, -0.2) is 4.39 Å². The van der Waals surface area contributed by atoms with Gasteiger partial charge in [0.1, 0.15) is 12.4 Å². The van der Waals surface area contributed by atoms with Crippen molar-refractivity contribution in [2.24, 2.45) is 0 Å². The van der Waals surface area contributed by atoms with Gasteiger partial charge in [0, 0.05) is 29.9 Å². The van der Waals surface area contributed by atoms with Crippen molar-refractivity contribution < 1.29 is 13.6 Å². The van der Waals surface area contributed by atoms with Gasteiger partial charge in [-0.15, -0.1) is 10.2 Å². The molecule has 0 aliphatic carbocycles. The highest BCUT2D eigenvalue weighted by Gasteiger charge is 2.11. The summed E-state index contributed by atoms with van der Waals surface area (Å²) >= 11 is 5.74. The lowest BCUT2D eigenvalue weighted by atomic mass is 10.1. The number of amides is 1. The molecule has 2 aromatic carbocycles. The molecule has 6 nitrogen and oxygen atoms in total. The molecule has 1 N–H and O–H groups in total. The van der Waals surface area contributed by atoms with Gasteiger partial charge in [0.05, 0.1) is 5.02 Å². The number of halogens is 2. The second kappa shape index (κ2) is 6.85. The number of aryl methyl sites for hydroxylation is 1. The van der Waals surface area contributed by atoms with E-state index in [0.29, 0.717) is 17.5 Å².